The minimum atomic E-state index is -0.431. The monoisotopic (exact) mass is 207 g/mol. The molecule has 0 aromatic carbocycles. The van der Waals surface area contributed by atoms with Crippen LogP contribution in [0.1, 0.15) is 19.3 Å². The molecule has 1 saturated carbocycles. The summed E-state index contributed by atoms with van der Waals surface area (Å²) in [5.41, 5.74) is 0. The van der Waals surface area contributed by atoms with E-state index in [1.54, 1.807) is 0 Å². The molecule has 0 radical (unpaired) electrons. The molecule has 1 fully saturated rings. The van der Waals surface area contributed by atoms with Gasteiger partial charge in [0.05, 0.1) is 18.1 Å². The standard InChI is InChI=1S/C9H9N3O3/c13-4-10-7-1-2-8(11-5-14)9(3-7)12-6-15/h7-9H,1-3H2. The first-order valence-corrected chi connectivity index (χ1v) is 4.52. The quantitative estimate of drug-likeness (QED) is 0.492. The van der Waals surface area contributed by atoms with E-state index < -0.39 is 6.04 Å². The van der Waals surface area contributed by atoms with Gasteiger partial charge in [-0.05, 0) is 19.3 Å². The van der Waals surface area contributed by atoms with Crippen LogP contribution in [0.2, 0.25) is 0 Å². The van der Waals surface area contributed by atoms with E-state index in [0.717, 1.165) is 0 Å². The van der Waals surface area contributed by atoms with Crippen LogP contribution in [0.15, 0.2) is 15.0 Å². The molecule has 6 nitrogen and oxygen atoms in total. The van der Waals surface area contributed by atoms with Crippen LogP contribution in [-0.2, 0) is 14.4 Å². The largest absolute Gasteiger partial charge is 0.235 e. The second-order valence-electron chi connectivity index (χ2n) is 3.26. The van der Waals surface area contributed by atoms with Gasteiger partial charge in [0, 0.05) is 0 Å². The number of aliphatic imine (C=N–C) groups is 3. The summed E-state index contributed by atoms with van der Waals surface area (Å²) in [6.07, 6.45) is 5.97. The molecule has 1 aliphatic carbocycles. The number of rotatable bonds is 3. The molecule has 78 valence electrons. The van der Waals surface area contributed by atoms with Crippen molar-refractivity contribution in [2.24, 2.45) is 15.0 Å². The van der Waals surface area contributed by atoms with Crippen LogP contribution in [0.25, 0.3) is 0 Å². The number of isocyanates is 3. The van der Waals surface area contributed by atoms with Gasteiger partial charge in [0.1, 0.15) is 0 Å². The van der Waals surface area contributed by atoms with Gasteiger partial charge in [-0.2, -0.15) is 0 Å². The van der Waals surface area contributed by atoms with Gasteiger partial charge in [0.15, 0.2) is 0 Å². The molecular weight excluding hydrogens is 198 g/mol. The Morgan fingerprint density at radius 2 is 1.40 bits per heavy atom. The Labute approximate surface area is 85.8 Å². The smallest absolute Gasteiger partial charge is 0.211 e. The van der Waals surface area contributed by atoms with Gasteiger partial charge in [-0.1, -0.05) is 0 Å². The molecule has 3 unspecified atom stereocenters. The highest BCUT2D eigenvalue weighted by Gasteiger charge is 2.30. The fraction of sp³-hybridized carbons (Fsp3) is 0.667. The van der Waals surface area contributed by atoms with Crippen LogP contribution in [0.4, 0.5) is 0 Å². The lowest BCUT2D eigenvalue weighted by molar-refractivity contribution is 0.348. The zero-order chi connectivity index (χ0) is 11.1. The second-order valence-corrected chi connectivity index (χ2v) is 3.26. The number of carbonyl (C=O) groups excluding carboxylic acids is 3. The van der Waals surface area contributed by atoms with Gasteiger partial charge >= 0.3 is 0 Å². The van der Waals surface area contributed by atoms with Crippen molar-refractivity contribution in [1.82, 2.24) is 0 Å². The Morgan fingerprint density at radius 1 is 0.800 bits per heavy atom. The summed E-state index contributed by atoms with van der Waals surface area (Å²) in [6.45, 7) is 0. The van der Waals surface area contributed by atoms with E-state index in [9.17, 15) is 14.4 Å². The van der Waals surface area contributed by atoms with Crippen LogP contribution >= 0.6 is 0 Å². The second kappa shape index (κ2) is 5.78. The van der Waals surface area contributed by atoms with E-state index in [1.165, 1.54) is 18.2 Å². The zero-order valence-electron chi connectivity index (χ0n) is 7.92. The summed E-state index contributed by atoms with van der Waals surface area (Å²) in [6, 6.07) is -0.968. The Hall–Kier alpha value is -1.86. The normalized spacial score (nSPS) is 29.2. The Balaban J connectivity index is 2.76. The average molecular weight is 207 g/mol. The highest BCUT2D eigenvalue weighted by molar-refractivity contribution is 5.37. The van der Waals surface area contributed by atoms with Crippen LogP contribution < -0.4 is 0 Å². The zero-order valence-corrected chi connectivity index (χ0v) is 7.92. The maximum Gasteiger partial charge on any atom is 0.235 e. The van der Waals surface area contributed by atoms with Gasteiger partial charge in [0.25, 0.3) is 0 Å². The van der Waals surface area contributed by atoms with Gasteiger partial charge in [-0.3, -0.25) is 0 Å². The van der Waals surface area contributed by atoms with E-state index in [0.29, 0.717) is 19.3 Å². The molecule has 1 aliphatic rings. The van der Waals surface area contributed by atoms with E-state index in [-0.39, 0.29) is 12.1 Å². The lowest BCUT2D eigenvalue weighted by Crippen LogP contribution is -2.33. The SMILES string of the molecule is O=C=NC1CCC(N=C=O)C(N=C=O)C1. The summed E-state index contributed by atoms with van der Waals surface area (Å²) in [4.78, 5) is 41.0. The molecule has 0 aromatic heterocycles. The summed E-state index contributed by atoms with van der Waals surface area (Å²) < 4.78 is 0. The van der Waals surface area contributed by atoms with Crippen molar-refractivity contribution < 1.29 is 14.4 Å². The van der Waals surface area contributed by atoms with Crippen molar-refractivity contribution in [1.29, 1.82) is 0 Å². The van der Waals surface area contributed by atoms with Crippen LogP contribution in [0, 0.1) is 0 Å². The van der Waals surface area contributed by atoms with Crippen molar-refractivity contribution in [3.63, 3.8) is 0 Å². The molecule has 0 saturated heterocycles. The number of hydrogen-bond donors (Lipinski definition) is 0. The molecule has 0 amide bonds. The Bertz CT molecular complexity index is 363. The first-order chi connectivity index (χ1) is 7.31. The third-order valence-corrected chi connectivity index (χ3v) is 2.43. The van der Waals surface area contributed by atoms with Crippen molar-refractivity contribution >= 4 is 18.2 Å². The van der Waals surface area contributed by atoms with Crippen molar-refractivity contribution in [2.75, 3.05) is 0 Å². The fourth-order valence-electron chi connectivity index (χ4n) is 1.73. The maximum atomic E-state index is 10.1. The Morgan fingerprint density at radius 3 is 2.00 bits per heavy atom. The van der Waals surface area contributed by atoms with Gasteiger partial charge in [0.2, 0.25) is 18.2 Å². The molecular formula is C9H9N3O3. The topological polar surface area (TPSA) is 88.3 Å². The van der Waals surface area contributed by atoms with E-state index in [2.05, 4.69) is 15.0 Å². The molecule has 0 N–H and O–H groups in total. The lowest BCUT2D eigenvalue weighted by Gasteiger charge is -2.26. The molecule has 15 heavy (non-hydrogen) atoms. The van der Waals surface area contributed by atoms with Gasteiger partial charge in [-0.15, -0.1) is 0 Å². The minimum Gasteiger partial charge on any atom is -0.211 e. The molecule has 3 atom stereocenters. The Kier molecular flexibility index (Phi) is 4.32. The van der Waals surface area contributed by atoms with E-state index in [1.807, 2.05) is 0 Å². The molecule has 6 heteroatoms. The van der Waals surface area contributed by atoms with Crippen molar-refractivity contribution in [3.8, 4) is 0 Å². The summed E-state index contributed by atoms with van der Waals surface area (Å²) in [5, 5.41) is 0. The van der Waals surface area contributed by atoms with Crippen molar-refractivity contribution in [2.45, 2.75) is 37.4 Å². The van der Waals surface area contributed by atoms with Gasteiger partial charge < -0.3 is 0 Å². The predicted molar refractivity (Wildman–Crippen MR) is 49.6 cm³/mol. The molecule has 1 rings (SSSR count). The van der Waals surface area contributed by atoms with Gasteiger partial charge in [-0.25, -0.2) is 29.4 Å². The predicted octanol–water partition coefficient (Wildman–Crippen LogP) is 0.283. The highest BCUT2D eigenvalue weighted by atomic mass is 16.1. The molecule has 0 aliphatic heterocycles. The fourth-order valence-corrected chi connectivity index (χ4v) is 1.73. The maximum absolute atomic E-state index is 10.1. The summed E-state index contributed by atoms with van der Waals surface area (Å²) in [7, 11) is 0. The average Bonchev–Trinajstić information content (AvgIpc) is 2.23. The molecule has 0 spiro atoms. The minimum absolute atomic E-state index is 0.192. The third kappa shape index (κ3) is 3.08. The van der Waals surface area contributed by atoms with Crippen LogP contribution in [0.3, 0.4) is 0 Å². The molecule has 0 bridgehead atoms. The van der Waals surface area contributed by atoms with Crippen molar-refractivity contribution in [3.05, 3.63) is 0 Å². The highest BCUT2D eigenvalue weighted by Crippen LogP contribution is 2.25. The lowest BCUT2D eigenvalue weighted by atomic mass is 9.88. The number of hydrogen-bond acceptors (Lipinski definition) is 6. The summed E-state index contributed by atoms with van der Waals surface area (Å²) in [5.74, 6) is 0. The first kappa shape index (κ1) is 11.2. The van der Waals surface area contributed by atoms with E-state index >= 15 is 0 Å². The van der Waals surface area contributed by atoms with Crippen LogP contribution in [-0.4, -0.2) is 36.4 Å². The summed E-state index contributed by atoms with van der Waals surface area (Å²) >= 11 is 0. The molecule has 0 heterocycles. The van der Waals surface area contributed by atoms with E-state index in [4.69, 9.17) is 0 Å². The van der Waals surface area contributed by atoms with Crippen LogP contribution in [0.5, 0.6) is 0 Å². The third-order valence-electron chi connectivity index (χ3n) is 2.43. The molecule has 0 aromatic rings. The first-order valence-electron chi connectivity index (χ1n) is 4.52. The number of nitrogens with zero attached hydrogens (tertiary/aromatic N) is 3.